The molecule has 2 rings (SSSR count). The van der Waals surface area contributed by atoms with E-state index in [-0.39, 0.29) is 0 Å². The first kappa shape index (κ1) is 12.6. The molecular formula is C12H17N3S. The van der Waals surface area contributed by atoms with Crippen LogP contribution in [0.15, 0.2) is 35.3 Å². The maximum Gasteiger partial charge on any atom is 0.195 e. The summed E-state index contributed by atoms with van der Waals surface area (Å²) in [5.41, 5.74) is 6.46. The number of nitrogens with two attached hydrogens (primary N) is 1. The predicted octanol–water partition coefficient (Wildman–Crippen LogP) is 2.17. The number of aliphatic imine (C=N–C) groups is 1. The van der Waals surface area contributed by atoms with E-state index in [2.05, 4.69) is 10.3 Å². The molecule has 1 heterocycles. The van der Waals surface area contributed by atoms with Gasteiger partial charge in [-0.3, -0.25) is 0 Å². The number of hydrogen-bond donors (Lipinski definition) is 2. The van der Waals surface area contributed by atoms with Crippen molar-refractivity contribution in [2.24, 2.45) is 10.7 Å². The summed E-state index contributed by atoms with van der Waals surface area (Å²) in [5.74, 6) is 0.522. The number of amidine groups is 1. The van der Waals surface area contributed by atoms with E-state index in [1.807, 2.05) is 51.1 Å². The second-order valence-electron chi connectivity index (χ2n) is 3.42. The summed E-state index contributed by atoms with van der Waals surface area (Å²) in [6, 6.07) is 9.91. The fourth-order valence-corrected chi connectivity index (χ4v) is 1.82. The van der Waals surface area contributed by atoms with E-state index in [0.717, 1.165) is 5.56 Å². The van der Waals surface area contributed by atoms with E-state index in [9.17, 15) is 0 Å². The lowest BCUT2D eigenvalue weighted by Crippen LogP contribution is -2.46. The Morgan fingerprint density at radius 1 is 1.25 bits per heavy atom. The summed E-state index contributed by atoms with van der Waals surface area (Å²) in [6.07, 6.45) is 0. The average molecular weight is 235 g/mol. The molecule has 86 valence electrons. The molecule has 1 atom stereocenters. The van der Waals surface area contributed by atoms with E-state index in [1.165, 1.54) is 0 Å². The molecule has 4 heteroatoms. The van der Waals surface area contributed by atoms with Gasteiger partial charge in [-0.1, -0.05) is 44.2 Å². The zero-order valence-electron chi connectivity index (χ0n) is 9.82. The van der Waals surface area contributed by atoms with Crippen molar-refractivity contribution in [2.45, 2.75) is 26.3 Å². The van der Waals surface area contributed by atoms with Crippen LogP contribution in [0.3, 0.4) is 0 Å². The normalized spacial score (nSPS) is 22.9. The van der Waals surface area contributed by atoms with Crippen molar-refractivity contribution in [1.29, 1.82) is 0 Å². The quantitative estimate of drug-likeness (QED) is 0.733. The van der Waals surface area contributed by atoms with Crippen molar-refractivity contribution in [3.05, 3.63) is 35.9 Å². The van der Waals surface area contributed by atoms with E-state index >= 15 is 0 Å². The zero-order chi connectivity index (χ0) is 12.2. The van der Waals surface area contributed by atoms with Crippen LogP contribution in [0.2, 0.25) is 0 Å². The van der Waals surface area contributed by atoms with Crippen LogP contribution < -0.4 is 11.1 Å². The molecule has 0 aliphatic carbocycles. The summed E-state index contributed by atoms with van der Waals surface area (Å²) in [6.45, 7) is 5.97. The van der Waals surface area contributed by atoms with Crippen LogP contribution in [-0.4, -0.2) is 10.9 Å². The fourth-order valence-electron chi connectivity index (χ4n) is 1.52. The Morgan fingerprint density at radius 2 is 1.81 bits per heavy atom. The largest absolute Gasteiger partial charge is 0.385 e. The number of nitrogens with zero attached hydrogens (tertiary/aromatic N) is 1. The molecule has 0 saturated carbocycles. The molecule has 1 unspecified atom stereocenters. The molecule has 1 aromatic carbocycles. The van der Waals surface area contributed by atoms with Crippen molar-refractivity contribution >= 4 is 23.2 Å². The zero-order valence-corrected chi connectivity index (χ0v) is 10.6. The molecule has 0 aromatic heterocycles. The Labute approximate surface area is 102 Å². The number of benzene rings is 1. The van der Waals surface area contributed by atoms with Crippen LogP contribution in [0.4, 0.5) is 0 Å². The lowest BCUT2D eigenvalue weighted by Gasteiger charge is -2.24. The average Bonchev–Trinajstić information content (AvgIpc) is 2.58. The van der Waals surface area contributed by atoms with Gasteiger partial charge in [0.05, 0.1) is 0 Å². The molecule has 0 bridgehead atoms. The Hall–Kier alpha value is -1.42. The van der Waals surface area contributed by atoms with E-state index < -0.39 is 5.54 Å². The molecule has 0 saturated heterocycles. The van der Waals surface area contributed by atoms with Crippen LogP contribution in [0.5, 0.6) is 0 Å². The van der Waals surface area contributed by atoms with Gasteiger partial charge < -0.3 is 11.1 Å². The Bertz CT molecular complexity index is 400. The van der Waals surface area contributed by atoms with Gasteiger partial charge in [-0.25, -0.2) is 4.99 Å². The standard InChI is InChI=1S/C10H11N3S.C2H6/c1-10(7-5-3-2-4-6-7)8(11)12-9(14)13-10;1-2/h2-6H,1H3,(H3,11,12,13,14);1-2H3. The summed E-state index contributed by atoms with van der Waals surface area (Å²) < 4.78 is 0. The monoisotopic (exact) mass is 235 g/mol. The highest BCUT2D eigenvalue weighted by Gasteiger charge is 2.36. The molecule has 0 spiro atoms. The van der Waals surface area contributed by atoms with E-state index in [4.69, 9.17) is 18.0 Å². The van der Waals surface area contributed by atoms with Crippen molar-refractivity contribution in [2.75, 3.05) is 0 Å². The highest BCUT2D eigenvalue weighted by Crippen LogP contribution is 2.24. The molecule has 0 radical (unpaired) electrons. The summed E-state index contributed by atoms with van der Waals surface area (Å²) in [7, 11) is 0. The minimum Gasteiger partial charge on any atom is -0.385 e. The highest BCUT2D eigenvalue weighted by molar-refractivity contribution is 7.80. The number of hydrogen-bond acceptors (Lipinski definition) is 2. The lowest BCUT2D eigenvalue weighted by molar-refractivity contribution is 0.610. The Balaban J connectivity index is 0.000000606. The van der Waals surface area contributed by atoms with Crippen LogP contribution >= 0.6 is 12.2 Å². The highest BCUT2D eigenvalue weighted by atomic mass is 32.1. The van der Waals surface area contributed by atoms with Gasteiger partial charge in [0.15, 0.2) is 5.11 Å². The Kier molecular flexibility index (Phi) is 4.01. The summed E-state index contributed by atoms with van der Waals surface area (Å²) in [4.78, 5) is 4.03. The Morgan fingerprint density at radius 3 is 2.25 bits per heavy atom. The van der Waals surface area contributed by atoms with E-state index in [1.54, 1.807) is 0 Å². The van der Waals surface area contributed by atoms with Crippen LogP contribution in [-0.2, 0) is 5.54 Å². The van der Waals surface area contributed by atoms with Crippen molar-refractivity contribution in [1.82, 2.24) is 5.32 Å². The molecule has 3 nitrogen and oxygen atoms in total. The first-order valence-corrected chi connectivity index (χ1v) is 5.76. The van der Waals surface area contributed by atoms with Gasteiger partial charge in [-0.15, -0.1) is 0 Å². The van der Waals surface area contributed by atoms with Gasteiger partial charge >= 0.3 is 0 Å². The maximum atomic E-state index is 5.84. The van der Waals surface area contributed by atoms with Gasteiger partial charge in [0.2, 0.25) is 0 Å². The third-order valence-corrected chi connectivity index (χ3v) is 2.64. The minimum atomic E-state index is -0.446. The first-order chi connectivity index (χ1) is 7.63. The van der Waals surface area contributed by atoms with Crippen LogP contribution in [0, 0.1) is 0 Å². The number of nitrogens with one attached hydrogen (secondary N) is 1. The summed E-state index contributed by atoms with van der Waals surface area (Å²) >= 11 is 4.97. The molecule has 0 fully saturated rings. The molecule has 0 amide bonds. The summed E-state index contributed by atoms with van der Waals surface area (Å²) in [5, 5.41) is 3.55. The van der Waals surface area contributed by atoms with Gasteiger partial charge in [0, 0.05) is 0 Å². The number of thiocarbonyl (C=S) groups is 1. The molecular weight excluding hydrogens is 218 g/mol. The third kappa shape index (κ3) is 2.22. The molecule has 3 N–H and O–H groups in total. The second-order valence-corrected chi connectivity index (χ2v) is 3.80. The lowest BCUT2D eigenvalue weighted by atomic mass is 9.92. The maximum absolute atomic E-state index is 5.84. The third-order valence-electron chi connectivity index (χ3n) is 2.44. The van der Waals surface area contributed by atoms with E-state index in [0.29, 0.717) is 10.9 Å². The smallest absolute Gasteiger partial charge is 0.195 e. The van der Waals surface area contributed by atoms with Crippen molar-refractivity contribution < 1.29 is 0 Å². The van der Waals surface area contributed by atoms with Crippen molar-refractivity contribution in [3.63, 3.8) is 0 Å². The predicted molar refractivity (Wildman–Crippen MR) is 72.5 cm³/mol. The first-order valence-electron chi connectivity index (χ1n) is 5.35. The second kappa shape index (κ2) is 5.07. The van der Waals surface area contributed by atoms with Gasteiger partial charge in [0.1, 0.15) is 11.4 Å². The van der Waals surface area contributed by atoms with Gasteiger partial charge in [-0.05, 0) is 24.7 Å². The van der Waals surface area contributed by atoms with Gasteiger partial charge in [0.25, 0.3) is 0 Å². The molecule has 1 aliphatic heterocycles. The molecule has 1 aliphatic rings. The number of rotatable bonds is 1. The van der Waals surface area contributed by atoms with Gasteiger partial charge in [-0.2, -0.15) is 0 Å². The SMILES string of the molecule is CC.CC1(c2ccccc2)NC(=S)N=C1N. The van der Waals surface area contributed by atoms with Crippen LogP contribution in [0.1, 0.15) is 26.3 Å². The molecule has 16 heavy (non-hydrogen) atoms. The van der Waals surface area contributed by atoms with Crippen molar-refractivity contribution in [3.8, 4) is 0 Å². The molecule has 1 aromatic rings. The topological polar surface area (TPSA) is 50.4 Å². The fraction of sp³-hybridized carbons (Fsp3) is 0.333. The van der Waals surface area contributed by atoms with Crippen LogP contribution in [0.25, 0.3) is 0 Å². The minimum absolute atomic E-state index is 0.446.